The summed E-state index contributed by atoms with van der Waals surface area (Å²) in [6.45, 7) is 4.28. The van der Waals surface area contributed by atoms with Gasteiger partial charge in [-0.3, -0.25) is 4.98 Å². The van der Waals surface area contributed by atoms with Gasteiger partial charge in [-0.15, -0.1) is 0 Å². The molecule has 1 aromatic heterocycles. The van der Waals surface area contributed by atoms with Crippen molar-refractivity contribution in [2.45, 2.75) is 19.8 Å². The standard InChI is InChI=1S/C14H16N2/c1-10(2)12-8-13(15)14(16-9-12)11-6-4-3-5-7-11/h3-10H,15H2,1-2H3. The maximum atomic E-state index is 6.03. The molecule has 0 aliphatic heterocycles. The SMILES string of the molecule is CC(C)c1cnc(-c2ccccc2)c(N)c1. The molecule has 0 unspecified atom stereocenters. The molecule has 1 aromatic carbocycles. The predicted molar refractivity (Wildman–Crippen MR) is 68.2 cm³/mol. The molecule has 0 atom stereocenters. The number of hydrogen-bond acceptors (Lipinski definition) is 2. The number of aromatic nitrogens is 1. The first-order valence-electron chi connectivity index (χ1n) is 5.49. The van der Waals surface area contributed by atoms with Gasteiger partial charge in [0.25, 0.3) is 0 Å². The number of nitrogens with zero attached hydrogens (tertiary/aromatic N) is 1. The van der Waals surface area contributed by atoms with E-state index in [1.165, 1.54) is 5.56 Å². The highest BCUT2D eigenvalue weighted by Crippen LogP contribution is 2.26. The van der Waals surface area contributed by atoms with Gasteiger partial charge >= 0.3 is 0 Å². The minimum Gasteiger partial charge on any atom is -0.397 e. The Morgan fingerprint density at radius 2 is 1.81 bits per heavy atom. The molecule has 0 fully saturated rings. The fourth-order valence-corrected chi connectivity index (χ4v) is 1.65. The summed E-state index contributed by atoms with van der Waals surface area (Å²) in [5.74, 6) is 0.458. The van der Waals surface area contributed by atoms with Crippen molar-refractivity contribution in [3.63, 3.8) is 0 Å². The molecule has 2 heteroatoms. The second kappa shape index (κ2) is 4.35. The first-order chi connectivity index (χ1) is 7.68. The third-order valence-electron chi connectivity index (χ3n) is 2.65. The summed E-state index contributed by atoms with van der Waals surface area (Å²) in [6, 6.07) is 12.0. The molecule has 82 valence electrons. The van der Waals surface area contributed by atoms with E-state index < -0.39 is 0 Å². The van der Waals surface area contributed by atoms with Crippen LogP contribution in [0.15, 0.2) is 42.6 Å². The van der Waals surface area contributed by atoms with Crippen LogP contribution in [0.1, 0.15) is 25.3 Å². The number of pyridine rings is 1. The molecule has 2 nitrogen and oxygen atoms in total. The average Bonchev–Trinajstić information content (AvgIpc) is 2.30. The largest absolute Gasteiger partial charge is 0.397 e. The topological polar surface area (TPSA) is 38.9 Å². The van der Waals surface area contributed by atoms with Gasteiger partial charge in [0.05, 0.1) is 11.4 Å². The molecule has 0 spiro atoms. The van der Waals surface area contributed by atoms with Crippen molar-refractivity contribution in [2.24, 2.45) is 0 Å². The second-order valence-electron chi connectivity index (χ2n) is 4.23. The number of nitrogen functional groups attached to an aromatic ring is 1. The summed E-state index contributed by atoms with van der Waals surface area (Å²) >= 11 is 0. The van der Waals surface area contributed by atoms with Crippen molar-refractivity contribution in [1.29, 1.82) is 0 Å². The first-order valence-corrected chi connectivity index (χ1v) is 5.49. The fraction of sp³-hybridized carbons (Fsp3) is 0.214. The van der Waals surface area contributed by atoms with Crippen molar-refractivity contribution >= 4 is 5.69 Å². The van der Waals surface area contributed by atoms with Gasteiger partial charge in [-0.25, -0.2) is 0 Å². The Morgan fingerprint density at radius 3 is 2.38 bits per heavy atom. The van der Waals surface area contributed by atoms with Crippen molar-refractivity contribution in [1.82, 2.24) is 4.98 Å². The number of rotatable bonds is 2. The normalized spacial score (nSPS) is 10.7. The zero-order valence-electron chi connectivity index (χ0n) is 9.64. The fourth-order valence-electron chi connectivity index (χ4n) is 1.65. The van der Waals surface area contributed by atoms with Crippen LogP contribution in [0.3, 0.4) is 0 Å². The van der Waals surface area contributed by atoms with Gasteiger partial charge in [-0.1, -0.05) is 44.2 Å². The summed E-state index contributed by atoms with van der Waals surface area (Å²) in [5.41, 5.74) is 9.89. The van der Waals surface area contributed by atoms with Crippen molar-refractivity contribution < 1.29 is 0 Å². The van der Waals surface area contributed by atoms with Crippen molar-refractivity contribution in [3.05, 3.63) is 48.2 Å². The lowest BCUT2D eigenvalue weighted by Gasteiger charge is -2.09. The van der Waals surface area contributed by atoms with Gasteiger partial charge < -0.3 is 5.73 Å². The van der Waals surface area contributed by atoms with E-state index >= 15 is 0 Å². The van der Waals surface area contributed by atoms with Crippen LogP contribution < -0.4 is 5.73 Å². The average molecular weight is 212 g/mol. The summed E-state index contributed by atoms with van der Waals surface area (Å²) in [7, 11) is 0. The minimum absolute atomic E-state index is 0.458. The van der Waals surface area contributed by atoms with Crippen LogP contribution in [0.25, 0.3) is 11.3 Å². The first kappa shape index (κ1) is 10.7. The molecule has 0 saturated carbocycles. The lowest BCUT2D eigenvalue weighted by molar-refractivity contribution is 0.859. The lowest BCUT2D eigenvalue weighted by Crippen LogP contribution is -1.97. The zero-order valence-corrected chi connectivity index (χ0v) is 9.64. The molecule has 2 N–H and O–H groups in total. The Morgan fingerprint density at radius 1 is 1.12 bits per heavy atom. The summed E-state index contributed by atoms with van der Waals surface area (Å²) in [6.07, 6.45) is 1.91. The molecule has 0 aliphatic carbocycles. The highest BCUT2D eigenvalue weighted by Gasteiger charge is 2.06. The lowest BCUT2D eigenvalue weighted by atomic mass is 10.0. The minimum atomic E-state index is 0.458. The highest BCUT2D eigenvalue weighted by atomic mass is 14.7. The monoisotopic (exact) mass is 212 g/mol. The molecule has 2 aromatic rings. The maximum Gasteiger partial charge on any atom is 0.0931 e. The van der Waals surface area contributed by atoms with Crippen LogP contribution >= 0.6 is 0 Å². The van der Waals surface area contributed by atoms with Gasteiger partial charge in [0.1, 0.15) is 0 Å². The second-order valence-corrected chi connectivity index (χ2v) is 4.23. The number of hydrogen-bond donors (Lipinski definition) is 1. The maximum absolute atomic E-state index is 6.03. The molecule has 0 saturated heterocycles. The molecular weight excluding hydrogens is 196 g/mol. The van der Waals surface area contributed by atoms with Crippen LogP contribution in [0.5, 0.6) is 0 Å². The zero-order chi connectivity index (χ0) is 11.5. The Balaban J connectivity index is 2.45. The van der Waals surface area contributed by atoms with Crippen LogP contribution in [-0.4, -0.2) is 4.98 Å². The molecule has 1 heterocycles. The van der Waals surface area contributed by atoms with E-state index in [1.54, 1.807) is 0 Å². The molecule has 2 rings (SSSR count). The third-order valence-corrected chi connectivity index (χ3v) is 2.65. The highest BCUT2D eigenvalue weighted by molar-refractivity contribution is 5.72. The smallest absolute Gasteiger partial charge is 0.0931 e. The number of benzene rings is 1. The van der Waals surface area contributed by atoms with Crippen LogP contribution in [0.2, 0.25) is 0 Å². The van der Waals surface area contributed by atoms with Crippen LogP contribution in [0.4, 0.5) is 5.69 Å². The summed E-state index contributed by atoms with van der Waals surface area (Å²) in [5, 5.41) is 0. The molecule has 0 amide bonds. The third kappa shape index (κ3) is 2.06. The molecule has 0 bridgehead atoms. The Hall–Kier alpha value is -1.83. The molecular formula is C14H16N2. The van der Waals surface area contributed by atoms with Gasteiger partial charge in [0.15, 0.2) is 0 Å². The van der Waals surface area contributed by atoms with Gasteiger partial charge in [-0.2, -0.15) is 0 Å². The predicted octanol–water partition coefficient (Wildman–Crippen LogP) is 3.45. The van der Waals surface area contributed by atoms with Gasteiger partial charge in [-0.05, 0) is 17.5 Å². The van der Waals surface area contributed by atoms with E-state index in [2.05, 4.69) is 18.8 Å². The Bertz CT molecular complexity index is 475. The van der Waals surface area contributed by atoms with Crippen LogP contribution in [-0.2, 0) is 0 Å². The number of anilines is 1. The Labute approximate surface area is 96.1 Å². The molecule has 0 aliphatic rings. The van der Waals surface area contributed by atoms with Crippen molar-refractivity contribution in [3.8, 4) is 11.3 Å². The van der Waals surface area contributed by atoms with Gasteiger partial charge in [0, 0.05) is 11.8 Å². The van der Waals surface area contributed by atoms with E-state index in [0.717, 1.165) is 16.9 Å². The molecule has 0 radical (unpaired) electrons. The van der Waals surface area contributed by atoms with E-state index in [-0.39, 0.29) is 0 Å². The van der Waals surface area contributed by atoms with Crippen molar-refractivity contribution in [2.75, 3.05) is 5.73 Å². The quantitative estimate of drug-likeness (QED) is 0.828. The summed E-state index contributed by atoms with van der Waals surface area (Å²) in [4.78, 5) is 4.44. The van der Waals surface area contributed by atoms with Gasteiger partial charge in [0.2, 0.25) is 0 Å². The summed E-state index contributed by atoms with van der Waals surface area (Å²) < 4.78 is 0. The molecule has 16 heavy (non-hydrogen) atoms. The van der Waals surface area contributed by atoms with E-state index in [9.17, 15) is 0 Å². The van der Waals surface area contributed by atoms with E-state index in [4.69, 9.17) is 5.73 Å². The van der Waals surface area contributed by atoms with E-state index in [1.807, 2.05) is 42.6 Å². The number of nitrogens with two attached hydrogens (primary N) is 1. The van der Waals surface area contributed by atoms with E-state index in [0.29, 0.717) is 5.92 Å². The Kier molecular flexibility index (Phi) is 2.91. The van der Waals surface area contributed by atoms with Crippen LogP contribution in [0, 0.1) is 0 Å².